The number of amides is 1. The van der Waals surface area contributed by atoms with Crippen LogP contribution < -0.4 is 4.72 Å². The maximum Gasteiger partial charge on any atom is 0.261 e. The summed E-state index contributed by atoms with van der Waals surface area (Å²) >= 11 is 1.52. The number of nitrogens with one attached hydrogen (secondary N) is 1. The van der Waals surface area contributed by atoms with Gasteiger partial charge in [-0.2, -0.15) is 0 Å². The molecule has 9 heteroatoms. The first-order valence-corrected chi connectivity index (χ1v) is 12.0. The van der Waals surface area contributed by atoms with E-state index in [-0.39, 0.29) is 16.5 Å². The molecular weight excluding hydrogens is 449 g/mol. The number of rotatable bonds is 6. The number of aromatic nitrogens is 1. The largest absolute Gasteiger partial charge is 0.335 e. The van der Waals surface area contributed by atoms with Gasteiger partial charge in [-0.05, 0) is 55.0 Å². The molecule has 0 aliphatic carbocycles. The fourth-order valence-corrected chi connectivity index (χ4v) is 5.24. The van der Waals surface area contributed by atoms with Crippen molar-refractivity contribution in [2.45, 2.75) is 18.4 Å². The Balaban J connectivity index is 1.51. The Hall–Kier alpha value is -3.30. The van der Waals surface area contributed by atoms with Gasteiger partial charge in [0.15, 0.2) is 0 Å². The molecule has 0 fully saturated rings. The summed E-state index contributed by atoms with van der Waals surface area (Å²) in [4.78, 5) is 18.8. The van der Waals surface area contributed by atoms with Crippen LogP contribution in [-0.4, -0.2) is 31.3 Å². The Labute approximate surface area is 189 Å². The second-order valence-corrected chi connectivity index (χ2v) is 10.1. The maximum atomic E-state index is 13.8. The molecule has 1 heterocycles. The van der Waals surface area contributed by atoms with E-state index in [4.69, 9.17) is 0 Å². The molecule has 0 radical (unpaired) electrons. The molecule has 0 atom stereocenters. The minimum absolute atomic E-state index is 0.190. The monoisotopic (exact) mass is 469 g/mol. The normalized spacial score (nSPS) is 11.5. The molecule has 1 N–H and O–H groups in total. The average Bonchev–Trinajstić information content (AvgIpc) is 3.17. The highest BCUT2D eigenvalue weighted by molar-refractivity contribution is 7.92. The van der Waals surface area contributed by atoms with Gasteiger partial charge in [-0.3, -0.25) is 9.52 Å². The topological polar surface area (TPSA) is 79.4 Å². The zero-order valence-electron chi connectivity index (χ0n) is 17.4. The molecule has 0 aliphatic heterocycles. The Kier molecular flexibility index (Phi) is 5.94. The number of anilines is 1. The highest BCUT2D eigenvalue weighted by Gasteiger charge is 2.18. The third-order valence-electron chi connectivity index (χ3n) is 4.87. The van der Waals surface area contributed by atoms with Crippen molar-refractivity contribution in [2.24, 2.45) is 0 Å². The van der Waals surface area contributed by atoms with Gasteiger partial charge in [-0.25, -0.2) is 17.8 Å². The Morgan fingerprint density at radius 2 is 1.88 bits per heavy atom. The lowest BCUT2D eigenvalue weighted by Gasteiger charge is -2.16. The first kappa shape index (κ1) is 21.9. The van der Waals surface area contributed by atoms with Gasteiger partial charge in [0.2, 0.25) is 0 Å². The van der Waals surface area contributed by atoms with Crippen molar-refractivity contribution in [3.8, 4) is 0 Å². The van der Waals surface area contributed by atoms with Gasteiger partial charge in [0, 0.05) is 18.3 Å². The third kappa shape index (κ3) is 4.63. The minimum Gasteiger partial charge on any atom is -0.335 e. The molecule has 1 amide bonds. The van der Waals surface area contributed by atoms with Gasteiger partial charge in [0.05, 0.1) is 21.7 Å². The standard InChI is InChI=1S/C23H20FN3O3S2/c1-15-10-11-18(13-19(15)24)32(29,30)26-17-7-5-6-16(12-17)23(28)27(2)14-22-25-20-8-3-4-9-21(20)31-22/h3-13,26H,14H2,1-2H3. The van der Waals surface area contributed by atoms with Crippen molar-refractivity contribution in [1.82, 2.24) is 9.88 Å². The van der Waals surface area contributed by atoms with Crippen LogP contribution in [0, 0.1) is 12.7 Å². The van der Waals surface area contributed by atoms with Crippen LogP contribution in [-0.2, 0) is 16.6 Å². The first-order chi connectivity index (χ1) is 15.2. The molecule has 32 heavy (non-hydrogen) atoms. The molecule has 3 aromatic carbocycles. The molecular formula is C23H20FN3O3S2. The molecule has 4 rings (SSSR count). The van der Waals surface area contributed by atoms with E-state index in [2.05, 4.69) is 9.71 Å². The molecule has 164 valence electrons. The number of para-hydroxylation sites is 1. The maximum absolute atomic E-state index is 13.8. The highest BCUT2D eigenvalue weighted by Crippen LogP contribution is 2.24. The summed E-state index contributed by atoms with van der Waals surface area (Å²) in [6.07, 6.45) is 0. The summed E-state index contributed by atoms with van der Waals surface area (Å²) in [7, 11) is -2.33. The van der Waals surface area contributed by atoms with Gasteiger partial charge in [0.25, 0.3) is 15.9 Å². The smallest absolute Gasteiger partial charge is 0.261 e. The van der Waals surface area contributed by atoms with E-state index >= 15 is 0 Å². The number of carbonyl (C=O) groups is 1. The molecule has 0 saturated heterocycles. The Bertz CT molecular complexity index is 1380. The van der Waals surface area contributed by atoms with E-state index in [1.54, 1.807) is 26.1 Å². The molecule has 0 bridgehead atoms. The third-order valence-corrected chi connectivity index (χ3v) is 7.27. The lowest BCUT2D eigenvalue weighted by Crippen LogP contribution is -2.26. The number of carbonyl (C=O) groups excluding carboxylic acids is 1. The van der Waals surface area contributed by atoms with Crippen LogP contribution in [0.5, 0.6) is 0 Å². The summed E-state index contributed by atoms with van der Waals surface area (Å²) in [6.45, 7) is 1.88. The van der Waals surface area contributed by atoms with Crippen molar-refractivity contribution in [1.29, 1.82) is 0 Å². The molecule has 6 nitrogen and oxygen atoms in total. The van der Waals surface area contributed by atoms with Gasteiger partial charge in [0.1, 0.15) is 10.8 Å². The van der Waals surface area contributed by atoms with Crippen LogP contribution in [0.1, 0.15) is 20.9 Å². The number of halogens is 1. The number of fused-ring (bicyclic) bond motifs is 1. The van der Waals surface area contributed by atoms with Gasteiger partial charge in [-0.15, -0.1) is 11.3 Å². The van der Waals surface area contributed by atoms with E-state index in [1.165, 1.54) is 40.5 Å². The van der Waals surface area contributed by atoms with E-state index in [9.17, 15) is 17.6 Å². The summed E-state index contributed by atoms with van der Waals surface area (Å²) in [5, 5.41) is 0.806. The summed E-state index contributed by atoms with van der Waals surface area (Å²) in [5.41, 5.74) is 1.78. The van der Waals surface area contributed by atoms with Gasteiger partial charge >= 0.3 is 0 Å². The van der Waals surface area contributed by atoms with E-state index in [0.717, 1.165) is 21.3 Å². The van der Waals surface area contributed by atoms with Gasteiger partial charge in [-0.1, -0.05) is 24.3 Å². The van der Waals surface area contributed by atoms with Crippen LogP contribution in [0.2, 0.25) is 0 Å². The second kappa shape index (κ2) is 8.68. The Morgan fingerprint density at radius 1 is 1.09 bits per heavy atom. The van der Waals surface area contributed by atoms with Crippen molar-refractivity contribution < 1.29 is 17.6 Å². The number of hydrogen-bond acceptors (Lipinski definition) is 5. The van der Waals surface area contributed by atoms with Crippen molar-refractivity contribution in [3.63, 3.8) is 0 Å². The Morgan fingerprint density at radius 3 is 2.62 bits per heavy atom. The second-order valence-electron chi connectivity index (χ2n) is 7.33. The summed E-state index contributed by atoms with van der Waals surface area (Å²) < 4.78 is 42.5. The fraction of sp³-hybridized carbons (Fsp3) is 0.130. The zero-order chi connectivity index (χ0) is 22.9. The van der Waals surface area contributed by atoms with Crippen molar-refractivity contribution in [3.05, 3.63) is 88.7 Å². The van der Waals surface area contributed by atoms with Crippen molar-refractivity contribution >= 4 is 43.2 Å². The molecule has 0 unspecified atom stereocenters. The number of nitrogens with zero attached hydrogens (tertiary/aromatic N) is 2. The number of sulfonamides is 1. The minimum atomic E-state index is -4.00. The fourth-order valence-electron chi connectivity index (χ4n) is 3.15. The van der Waals surface area contributed by atoms with Crippen molar-refractivity contribution in [2.75, 3.05) is 11.8 Å². The number of aryl methyl sites for hydroxylation is 1. The molecule has 0 spiro atoms. The molecule has 0 saturated carbocycles. The lowest BCUT2D eigenvalue weighted by molar-refractivity contribution is 0.0785. The first-order valence-electron chi connectivity index (χ1n) is 9.72. The lowest BCUT2D eigenvalue weighted by atomic mass is 10.2. The molecule has 0 aliphatic rings. The number of hydrogen-bond donors (Lipinski definition) is 1. The SMILES string of the molecule is Cc1ccc(S(=O)(=O)Nc2cccc(C(=O)N(C)Cc3nc4ccccc4s3)c2)cc1F. The van der Waals surface area contributed by atoms with E-state index in [1.807, 2.05) is 24.3 Å². The quantitative estimate of drug-likeness (QED) is 0.439. The predicted octanol–water partition coefficient (Wildman–Crippen LogP) is 4.82. The van der Waals surface area contributed by atoms with Crippen LogP contribution in [0.15, 0.2) is 71.6 Å². The van der Waals surface area contributed by atoms with Crippen LogP contribution in [0.3, 0.4) is 0 Å². The van der Waals surface area contributed by atoms with Crippen LogP contribution in [0.25, 0.3) is 10.2 Å². The molecule has 4 aromatic rings. The number of benzene rings is 3. The highest BCUT2D eigenvalue weighted by atomic mass is 32.2. The van der Waals surface area contributed by atoms with Crippen LogP contribution in [0.4, 0.5) is 10.1 Å². The summed E-state index contributed by atoms with van der Waals surface area (Å²) in [5.74, 6) is -0.875. The average molecular weight is 470 g/mol. The van der Waals surface area contributed by atoms with E-state index in [0.29, 0.717) is 17.7 Å². The number of thiazole rings is 1. The molecule has 1 aromatic heterocycles. The van der Waals surface area contributed by atoms with E-state index < -0.39 is 15.8 Å². The van der Waals surface area contributed by atoms with Crippen LogP contribution >= 0.6 is 11.3 Å². The zero-order valence-corrected chi connectivity index (χ0v) is 19.0. The van der Waals surface area contributed by atoms with Gasteiger partial charge < -0.3 is 4.90 Å². The predicted molar refractivity (Wildman–Crippen MR) is 124 cm³/mol. The summed E-state index contributed by atoms with van der Waals surface area (Å²) in [6, 6.07) is 17.7.